The maximum Gasteiger partial charge on any atom is 0.224 e. The Morgan fingerprint density at radius 2 is 1.58 bits per heavy atom. The molecule has 6 heteroatoms. The van der Waals surface area contributed by atoms with E-state index < -0.39 is 0 Å². The molecular formula is C18H39N5O. The molecule has 0 aromatic heterocycles. The number of nitrogens with zero attached hydrogens (tertiary/aromatic N) is 3. The van der Waals surface area contributed by atoms with Crippen molar-refractivity contribution < 1.29 is 4.79 Å². The molecule has 0 aromatic carbocycles. The van der Waals surface area contributed by atoms with Crippen LogP contribution in [0.1, 0.15) is 53.9 Å². The highest BCUT2D eigenvalue weighted by Gasteiger charge is 2.09. The summed E-state index contributed by atoms with van der Waals surface area (Å²) in [6, 6.07) is 0. The highest BCUT2D eigenvalue weighted by molar-refractivity contribution is 5.81. The molecule has 0 bridgehead atoms. The molecule has 0 aliphatic carbocycles. The van der Waals surface area contributed by atoms with E-state index in [0.29, 0.717) is 13.0 Å². The maximum absolute atomic E-state index is 12.0. The Kier molecular flexibility index (Phi) is 14.4. The van der Waals surface area contributed by atoms with Crippen molar-refractivity contribution in [1.82, 2.24) is 20.4 Å². The van der Waals surface area contributed by atoms with E-state index in [-0.39, 0.29) is 5.91 Å². The first-order chi connectivity index (χ1) is 11.6. The number of unbranched alkanes of at least 4 members (excludes halogenated alkanes) is 1. The molecule has 0 saturated carbocycles. The normalized spacial score (nSPS) is 11.7. The van der Waals surface area contributed by atoms with Crippen LogP contribution in [0.2, 0.25) is 0 Å². The van der Waals surface area contributed by atoms with E-state index in [1.165, 1.54) is 6.42 Å². The smallest absolute Gasteiger partial charge is 0.224 e. The Hall–Kier alpha value is -1.30. The van der Waals surface area contributed by atoms with E-state index in [4.69, 9.17) is 0 Å². The molecule has 142 valence electrons. The summed E-state index contributed by atoms with van der Waals surface area (Å²) in [5, 5.41) is 6.50. The Labute approximate surface area is 149 Å². The van der Waals surface area contributed by atoms with Crippen LogP contribution in [0.5, 0.6) is 0 Å². The molecule has 0 saturated heterocycles. The van der Waals surface area contributed by atoms with Gasteiger partial charge in [-0.25, -0.2) is 0 Å². The fourth-order valence-corrected chi connectivity index (χ4v) is 2.54. The summed E-state index contributed by atoms with van der Waals surface area (Å²) in [5.74, 6) is 1.01. The lowest BCUT2D eigenvalue weighted by Gasteiger charge is -2.19. The summed E-state index contributed by atoms with van der Waals surface area (Å²) in [4.78, 5) is 20.9. The Morgan fingerprint density at radius 1 is 0.917 bits per heavy atom. The Bertz CT molecular complexity index is 338. The molecule has 0 unspecified atom stereocenters. The third-order valence-electron chi connectivity index (χ3n) is 4.14. The predicted octanol–water partition coefficient (Wildman–Crippen LogP) is 1.92. The maximum atomic E-state index is 12.0. The van der Waals surface area contributed by atoms with Gasteiger partial charge in [-0.3, -0.25) is 9.79 Å². The van der Waals surface area contributed by atoms with Crippen LogP contribution in [0.15, 0.2) is 4.99 Å². The van der Waals surface area contributed by atoms with E-state index in [1.807, 2.05) is 18.7 Å². The second kappa shape index (κ2) is 15.2. The number of hydrogen-bond acceptors (Lipinski definition) is 3. The molecule has 0 heterocycles. The van der Waals surface area contributed by atoms with Crippen molar-refractivity contribution in [3.05, 3.63) is 0 Å². The van der Waals surface area contributed by atoms with Gasteiger partial charge in [-0.05, 0) is 53.2 Å². The summed E-state index contributed by atoms with van der Waals surface area (Å²) in [6.45, 7) is 17.7. The number of aliphatic imine (C=N–C) groups is 1. The molecule has 6 nitrogen and oxygen atoms in total. The SMILES string of the molecule is CCNC(=NCCCCN(CC)CC)NCCC(=O)N(CC)CC. The largest absolute Gasteiger partial charge is 0.357 e. The van der Waals surface area contributed by atoms with Gasteiger partial charge < -0.3 is 20.4 Å². The molecule has 0 radical (unpaired) electrons. The van der Waals surface area contributed by atoms with Crippen molar-refractivity contribution in [1.29, 1.82) is 0 Å². The zero-order valence-electron chi connectivity index (χ0n) is 16.5. The predicted molar refractivity (Wildman–Crippen MR) is 104 cm³/mol. The van der Waals surface area contributed by atoms with Crippen LogP contribution in [0, 0.1) is 0 Å². The number of carbonyl (C=O) groups is 1. The molecule has 0 atom stereocenters. The van der Waals surface area contributed by atoms with Gasteiger partial charge >= 0.3 is 0 Å². The lowest BCUT2D eigenvalue weighted by Crippen LogP contribution is -2.40. The van der Waals surface area contributed by atoms with Gasteiger partial charge in [0.25, 0.3) is 0 Å². The molecule has 0 rings (SSSR count). The lowest BCUT2D eigenvalue weighted by molar-refractivity contribution is -0.130. The number of nitrogens with one attached hydrogen (secondary N) is 2. The first-order valence-electron chi connectivity index (χ1n) is 9.64. The van der Waals surface area contributed by atoms with Crippen LogP contribution in [0.4, 0.5) is 0 Å². The standard InChI is InChI=1S/C18H39N5O/c1-6-19-18(20-14-11-12-16-22(7-2)8-3)21-15-13-17(24)23(9-4)10-5/h6-16H2,1-5H3,(H2,19,20,21). The van der Waals surface area contributed by atoms with Crippen LogP contribution >= 0.6 is 0 Å². The minimum atomic E-state index is 0.197. The number of rotatable bonds is 13. The van der Waals surface area contributed by atoms with Gasteiger partial charge in [0.1, 0.15) is 0 Å². The number of guanidine groups is 1. The topological polar surface area (TPSA) is 60.0 Å². The first-order valence-corrected chi connectivity index (χ1v) is 9.64. The average molecular weight is 342 g/mol. The summed E-state index contributed by atoms with van der Waals surface area (Å²) in [6.07, 6.45) is 2.77. The van der Waals surface area contributed by atoms with Gasteiger partial charge in [0.15, 0.2) is 5.96 Å². The van der Waals surface area contributed by atoms with E-state index in [0.717, 1.165) is 58.2 Å². The van der Waals surface area contributed by atoms with E-state index in [9.17, 15) is 4.79 Å². The fourth-order valence-electron chi connectivity index (χ4n) is 2.54. The molecule has 0 spiro atoms. The summed E-state index contributed by atoms with van der Waals surface area (Å²) in [7, 11) is 0. The molecule has 2 N–H and O–H groups in total. The van der Waals surface area contributed by atoms with Crippen LogP contribution in [-0.4, -0.2) is 74.0 Å². The first kappa shape index (κ1) is 22.7. The zero-order valence-corrected chi connectivity index (χ0v) is 16.5. The highest BCUT2D eigenvalue weighted by Crippen LogP contribution is 1.96. The average Bonchev–Trinajstić information content (AvgIpc) is 2.59. The molecule has 0 aliphatic heterocycles. The van der Waals surface area contributed by atoms with Crippen molar-refractivity contribution in [2.24, 2.45) is 4.99 Å². The zero-order chi connectivity index (χ0) is 18.2. The quantitative estimate of drug-likeness (QED) is 0.305. The van der Waals surface area contributed by atoms with Gasteiger partial charge in [-0.1, -0.05) is 13.8 Å². The van der Waals surface area contributed by atoms with Gasteiger partial charge in [0, 0.05) is 39.1 Å². The summed E-state index contributed by atoms with van der Waals surface area (Å²) >= 11 is 0. The molecule has 0 aromatic rings. The van der Waals surface area contributed by atoms with Crippen LogP contribution in [-0.2, 0) is 4.79 Å². The molecule has 1 amide bonds. The van der Waals surface area contributed by atoms with E-state index in [2.05, 4.69) is 41.3 Å². The van der Waals surface area contributed by atoms with Gasteiger partial charge in [-0.2, -0.15) is 0 Å². The van der Waals surface area contributed by atoms with Crippen molar-refractivity contribution in [2.45, 2.75) is 53.9 Å². The minimum Gasteiger partial charge on any atom is -0.357 e. The van der Waals surface area contributed by atoms with Crippen LogP contribution in [0.25, 0.3) is 0 Å². The molecule has 0 fully saturated rings. The third kappa shape index (κ3) is 10.5. The van der Waals surface area contributed by atoms with Gasteiger partial charge in [0.2, 0.25) is 5.91 Å². The fraction of sp³-hybridized carbons (Fsp3) is 0.889. The summed E-state index contributed by atoms with van der Waals surface area (Å²) in [5.41, 5.74) is 0. The Morgan fingerprint density at radius 3 is 2.12 bits per heavy atom. The summed E-state index contributed by atoms with van der Waals surface area (Å²) < 4.78 is 0. The second-order valence-corrected chi connectivity index (χ2v) is 5.74. The van der Waals surface area contributed by atoms with Crippen molar-refractivity contribution in [3.63, 3.8) is 0 Å². The van der Waals surface area contributed by atoms with Gasteiger partial charge in [-0.15, -0.1) is 0 Å². The van der Waals surface area contributed by atoms with Crippen molar-refractivity contribution in [2.75, 3.05) is 52.4 Å². The Balaban J connectivity index is 4.08. The molecular weight excluding hydrogens is 302 g/mol. The highest BCUT2D eigenvalue weighted by atomic mass is 16.2. The second-order valence-electron chi connectivity index (χ2n) is 5.74. The molecule has 24 heavy (non-hydrogen) atoms. The number of amides is 1. The van der Waals surface area contributed by atoms with Crippen molar-refractivity contribution >= 4 is 11.9 Å². The lowest BCUT2D eigenvalue weighted by atomic mass is 10.3. The number of hydrogen-bond donors (Lipinski definition) is 2. The van der Waals surface area contributed by atoms with Crippen LogP contribution < -0.4 is 10.6 Å². The van der Waals surface area contributed by atoms with Gasteiger partial charge in [0.05, 0.1) is 0 Å². The monoisotopic (exact) mass is 341 g/mol. The van der Waals surface area contributed by atoms with Crippen LogP contribution in [0.3, 0.4) is 0 Å². The molecule has 0 aliphatic rings. The van der Waals surface area contributed by atoms with Crippen molar-refractivity contribution in [3.8, 4) is 0 Å². The van der Waals surface area contributed by atoms with E-state index >= 15 is 0 Å². The van der Waals surface area contributed by atoms with E-state index in [1.54, 1.807) is 0 Å². The third-order valence-corrected chi connectivity index (χ3v) is 4.14. The number of carbonyl (C=O) groups excluding carboxylic acids is 1. The minimum absolute atomic E-state index is 0.197.